The minimum Gasteiger partial charge on any atom is -0.320 e. The Balaban J connectivity index is 1.79. The van der Waals surface area contributed by atoms with Crippen molar-refractivity contribution in [1.82, 2.24) is 9.97 Å². The van der Waals surface area contributed by atoms with Crippen molar-refractivity contribution in [3.63, 3.8) is 0 Å². The summed E-state index contributed by atoms with van der Waals surface area (Å²) in [6.07, 6.45) is 1.85. The average Bonchev–Trinajstić information content (AvgIpc) is 2.95. The minimum absolute atomic E-state index is 0.0791. The molecule has 0 saturated carbocycles. The van der Waals surface area contributed by atoms with E-state index in [1.54, 1.807) is 0 Å². The first-order valence-corrected chi connectivity index (χ1v) is 8.03. The lowest BCUT2D eigenvalue weighted by atomic mass is 9.97. The van der Waals surface area contributed by atoms with Crippen molar-refractivity contribution in [2.45, 2.75) is 6.04 Å². The van der Waals surface area contributed by atoms with Crippen molar-refractivity contribution in [3.8, 4) is 22.4 Å². The topological polar surface area (TPSA) is 51.8 Å². The lowest BCUT2D eigenvalue weighted by Gasteiger charge is -2.10. The maximum absolute atomic E-state index is 6.46. The molecule has 3 heteroatoms. The molecule has 1 aliphatic carbocycles. The molecule has 0 aliphatic heterocycles. The molecular formula is C21H15N3. The summed E-state index contributed by atoms with van der Waals surface area (Å²) in [5.41, 5.74) is 15.0. The zero-order valence-corrected chi connectivity index (χ0v) is 13.0. The summed E-state index contributed by atoms with van der Waals surface area (Å²) in [5.74, 6) is 0. The number of rotatable bonds is 1. The van der Waals surface area contributed by atoms with Gasteiger partial charge in [0.15, 0.2) is 0 Å². The molecule has 0 spiro atoms. The predicted molar refractivity (Wildman–Crippen MR) is 96.4 cm³/mol. The first-order valence-electron chi connectivity index (χ1n) is 8.03. The molecule has 0 amide bonds. The normalized spacial score (nSPS) is 15.3. The molecule has 1 atom stereocenters. The molecule has 0 saturated heterocycles. The van der Waals surface area contributed by atoms with Gasteiger partial charge in [-0.1, -0.05) is 54.6 Å². The highest BCUT2D eigenvalue weighted by molar-refractivity contribution is 5.91. The van der Waals surface area contributed by atoms with Crippen LogP contribution in [0.3, 0.4) is 0 Å². The first kappa shape index (κ1) is 13.4. The average molecular weight is 309 g/mol. The van der Waals surface area contributed by atoms with Crippen LogP contribution in [0.5, 0.6) is 0 Å². The van der Waals surface area contributed by atoms with Gasteiger partial charge in [-0.25, -0.2) is 4.98 Å². The molecule has 5 rings (SSSR count). The van der Waals surface area contributed by atoms with Crippen molar-refractivity contribution in [3.05, 3.63) is 84.1 Å². The number of fused-ring (bicyclic) bond motifs is 4. The quantitative estimate of drug-likeness (QED) is 0.569. The van der Waals surface area contributed by atoms with Crippen LogP contribution < -0.4 is 5.73 Å². The van der Waals surface area contributed by atoms with Crippen LogP contribution >= 0.6 is 0 Å². The van der Waals surface area contributed by atoms with E-state index in [1.807, 2.05) is 36.5 Å². The van der Waals surface area contributed by atoms with E-state index in [0.717, 1.165) is 27.9 Å². The van der Waals surface area contributed by atoms with Crippen LogP contribution in [-0.2, 0) is 0 Å². The zero-order chi connectivity index (χ0) is 16.1. The second-order valence-corrected chi connectivity index (χ2v) is 6.08. The number of nitrogens with zero attached hydrogens (tertiary/aromatic N) is 2. The van der Waals surface area contributed by atoms with E-state index in [-0.39, 0.29) is 6.04 Å². The van der Waals surface area contributed by atoms with E-state index in [9.17, 15) is 0 Å². The Labute approximate surface area is 139 Å². The van der Waals surface area contributed by atoms with Crippen molar-refractivity contribution >= 4 is 11.0 Å². The highest BCUT2D eigenvalue weighted by Gasteiger charge is 2.28. The van der Waals surface area contributed by atoms with Crippen molar-refractivity contribution < 1.29 is 0 Å². The monoisotopic (exact) mass is 309 g/mol. The molecule has 1 aliphatic rings. The molecule has 0 fully saturated rings. The van der Waals surface area contributed by atoms with Crippen molar-refractivity contribution in [2.75, 3.05) is 0 Å². The maximum atomic E-state index is 6.46. The van der Waals surface area contributed by atoms with E-state index >= 15 is 0 Å². The van der Waals surface area contributed by atoms with Gasteiger partial charge in [0.05, 0.1) is 29.0 Å². The summed E-state index contributed by atoms with van der Waals surface area (Å²) >= 11 is 0. The van der Waals surface area contributed by atoms with Gasteiger partial charge in [0, 0.05) is 5.56 Å². The Hall–Kier alpha value is -3.04. The van der Waals surface area contributed by atoms with Gasteiger partial charge < -0.3 is 5.73 Å². The lowest BCUT2D eigenvalue weighted by molar-refractivity contribution is 0.901. The fourth-order valence-corrected chi connectivity index (χ4v) is 3.59. The largest absolute Gasteiger partial charge is 0.320 e. The number of hydrogen-bond acceptors (Lipinski definition) is 3. The van der Waals surface area contributed by atoms with Crippen LogP contribution in [0.25, 0.3) is 33.4 Å². The van der Waals surface area contributed by atoms with Crippen LogP contribution in [0.15, 0.2) is 72.9 Å². The third kappa shape index (κ3) is 1.82. The molecule has 2 N–H and O–H groups in total. The molecule has 1 aromatic heterocycles. The molecule has 0 radical (unpaired) electrons. The Morgan fingerprint density at radius 3 is 2.33 bits per heavy atom. The van der Waals surface area contributed by atoms with Crippen LogP contribution in [0, 0.1) is 0 Å². The summed E-state index contributed by atoms with van der Waals surface area (Å²) in [4.78, 5) is 9.38. The highest BCUT2D eigenvalue weighted by atomic mass is 14.8. The van der Waals surface area contributed by atoms with Gasteiger partial charge in [-0.05, 0) is 34.4 Å². The molecule has 4 aromatic rings. The molecule has 0 bridgehead atoms. The molecule has 3 nitrogen and oxygen atoms in total. The molecule has 24 heavy (non-hydrogen) atoms. The Morgan fingerprint density at radius 2 is 1.42 bits per heavy atom. The van der Waals surface area contributed by atoms with Crippen LogP contribution in [0.4, 0.5) is 0 Å². The summed E-state index contributed by atoms with van der Waals surface area (Å²) in [7, 11) is 0. The molecule has 1 unspecified atom stereocenters. The van der Waals surface area contributed by atoms with E-state index < -0.39 is 0 Å². The number of hydrogen-bond donors (Lipinski definition) is 1. The highest BCUT2D eigenvalue weighted by Crippen LogP contribution is 2.46. The maximum Gasteiger partial charge on any atom is 0.0899 e. The van der Waals surface area contributed by atoms with E-state index in [0.29, 0.717) is 0 Å². The van der Waals surface area contributed by atoms with Crippen LogP contribution in [-0.4, -0.2) is 9.97 Å². The summed E-state index contributed by atoms with van der Waals surface area (Å²) < 4.78 is 0. The zero-order valence-electron chi connectivity index (χ0n) is 13.0. The van der Waals surface area contributed by atoms with Gasteiger partial charge in [0.25, 0.3) is 0 Å². The number of para-hydroxylation sites is 2. The fourth-order valence-electron chi connectivity index (χ4n) is 3.59. The van der Waals surface area contributed by atoms with Gasteiger partial charge in [-0.15, -0.1) is 0 Å². The summed E-state index contributed by atoms with van der Waals surface area (Å²) in [5, 5.41) is 0. The molecule has 114 valence electrons. The van der Waals surface area contributed by atoms with Gasteiger partial charge in [-0.3, -0.25) is 4.98 Å². The Bertz CT molecular complexity index is 1090. The molecule has 3 aromatic carbocycles. The number of nitrogens with two attached hydrogens (primary N) is 1. The third-order valence-corrected chi connectivity index (χ3v) is 4.72. The van der Waals surface area contributed by atoms with Gasteiger partial charge >= 0.3 is 0 Å². The second-order valence-electron chi connectivity index (χ2n) is 6.08. The van der Waals surface area contributed by atoms with Gasteiger partial charge in [0.1, 0.15) is 0 Å². The summed E-state index contributed by atoms with van der Waals surface area (Å²) in [6.45, 7) is 0. The Morgan fingerprint density at radius 1 is 0.708 bits per heavy atom. The second kappa shape index (κ2) is 4.98. The fraction of sp³-hybridized carbons (Fsp3) is 0.0476. The first-order chi connectivity index (χ1) is 11.8. The van der Waals surface area contributed by atoms with Crippen LogP contribution in [0.1, 0.15) is 17.2 Å². The third-order valence-electron chi connectivity index (χ3n) is 4.72. The molecule has 1 heterocycles. The van der Waals surface area contributed by atoms with E-state index in [2.05, 4.69) is 41.4 Å². The smallest absolute Gasteiger partial charge is 0.0899 e. The van der Waals surface area contributed by atoms with Gasteiger partial charge in [-0.2, -0.15) is 0 Å². The standard InChI is InChI=1S/C21H15N3/c22-21-14-7-2-1-6-13(14)20-15(8-5-9-16(20)21)19-12-23-17-10-3-4-11-18(17)24-19/h1-12,21H,22H2. The minimum atomic E-state index is -0.0791. The van der Waals surface area contributed by atoms with Crippen molar-refractivity contribution in [1.29, 1.82) is 0 Å². The lowest BCUT2D eigenvalue weighted by Crippen LogP contribution is -2.07. The van der Waals surface area contributed by atoms with E-state index in [4.69, 9.17) is 10.7 Å². The number of benzene rings is 3. The van der Waals surface area contributed by atoms with Crippen molar-refractivity contribution in [2.24, 2.45) is 5.73 Å². The van der Waals surface area contributed by atoms with E-state index in [1.165, 1.54) is 16.7 Å². The molecular weight excluding hydrogens is 294 g/mol. The summed E-state index contributed by atoms with van der Waals surface area (Å²) in [6, 6.07) is 22.5. The van der Waals surface area contributed by atoms with Gasteiger partial charge in [0.2, 0.25) is 0 Å². The SMILES string of the molecule is NC1c2ccccc2-c2c(-c3cnc4ccccc4n3)cccc21. The predicted octanol–water partition coefficient (Wildman–Crippen LogP) is 4.33. The van der Waals surface area contributed by atoms with Crippen LogP contribution in [0.2, 0.25) is 0 Å². The number of aromatic nitrogens is 2. The Kier molecular flexibility index (Phi) is 2.78.